The maximum Gasteiger partial charge on any atom is 0.350 e. The Bertz CT molecular complexity index is 696. The number of rotatable bonds is 4. The van der Waals surface area contributed by atoms with Gasteiger partial charge >= 0.3 is 5.97 Å². The zero-order valence-corrected chi connectivity index (χ0v) is 13.7. The van der Waals surface area contributed by atoms with Crippen molar-refractivity contribution in [3.8, 4) is 6.07 Å². The summed E-state index contributed by atoms with van der Waals surface area (Å²) in [5.74, 6) is -1.35. The largest absolute Gasteiger partial charge is 0.465 e. The number of nitrogens with zero attached hydrogens (tertiary/aromatic N) is 1. The lowest BCUT2D eigenvalue weighted by Gasteiger charge is -2.12. The summed E-state index contributed by atoms with van der Waals surface area (Å²) in [5, 5.41) is 13.9. The number of carbonyl (C=O) groups excluding carboxylic acids is 2. The Hall–Kier alpha value is -1.94. The molecular weight excluding hydrogens is 353 g/mol. The number of hydrogen-bond donors (Lipinski definition) is 2. The number of anilines is 1. The van der Waals surface area contributed by atoms with E-state index in [0.717, 1.165) is 13.3 Å². The molecule has 0 aliphatic carbocycles. The third-order valence-electron chi connectivity index (χ3n) is 2.51. The fraction of sp³-hybridized carbons (Fsp3) is 0.154. The molecule has 1 aromatic carbocycles. The molecule has 1 amide bonds. The van der Waals surface area contributed by atoms with Crippen LogP contribution in [0.25, 0.3) is 0 Å². The zero-order chi connectivity index (χ0) is 16.9. The third kappa shape index (κ3) is 3.83. The molecule has 0 aliphatic rings. The van der Waals surface area contributed by atoms with E-state index in [9.17, 15) is 9.59 Å². The molecule has 1 aromatic rings. The minimum absolute atomic E-state index is 0.00554. The molecule has 0 fully saturated rings. The van der Waals surface area contributed by atoms with Crippen molar-refractivity contribution in [3.05, 3.63) is 38.5 Å². The molecule has 116 valence electrons. The van der Waals surface area contributed by atoms with Gasteiger partial charge in [0, 0.05) is 13.2 Å². The number of carbonyl (C=O) groups is 2. The molecule has 0 unspecified atom stereocenters. The number of amides is 1. The van der Waals surface area contributed by atoms with E-state index in [0.29, 0.717) is 0 Å². The molecule has 0 atom stereocenters. The summed E-state index contributed by atoms with van der Waals surface area (Å²) in [6.07, 6.45) is 1.09. The topological polar surface area (TPSA) is 91.2 Å². The predicted molar refractivity (Wildman–Crippen MR) is 84.2 cm³/mol. The summed E-state index contributed by atoms with van der Waals surface area (Å²) in [6, 6.07) is 3.02. The number of nitrogens with one attached hydrogen (secondary N) is 2. The summed E-state index contributed by atoms with van der Waals surface area (Å²) in [4.78, 5) is 23.1. The van der Waals surface area contributed by atoms with E-state index in [4.69, 9.17) is 40.1 Å². The molecular formula is C13H10Cl3N3O3. The maximum atomic E-state index is 11.8. The summed E-state index contributed by atoms with van der Waals surface area (Å²) < 4.78 is 4.43. The van der Waals surface area contributed by atoms with Crippen LogP contribution < -0.4 is 10.6 Å². The molecule has 6 nitrogen and oxygen atoms in total. The second-order valence-electron chi connectivity index (χ2n) is 3.79. The van der Waals surface area contributed by atoms with Crippen LogP contribution in [0.3, 0.4) is 0 Å². The maximum absolute atomic E-state index is 11.8. The Labute approximate surface area is 141 Å². The molecule has 0 bridgehead atoms. The number of nitriles is 1. The van der Waals surface area contributed by atoms with Crippen LogP contribution in [0.4, 0.5) is 5.69 Å². The van der Waals surface area contributed by atoms with Gasteiger partial charge in [-0.25, -0.2) is 4.79 Å². The average molecular weight is 363 g/mol. The second-order valence-corrected chi connectivity index (χ2v) is 4.96. The highest BCUT2D eigenvalue weighted by atomic mass is 35.5. The smallest absolute Gasteiger partial charge is 0.350 e. The van der Waals surface area contributed by atoms with Crippen molar-refractivity contribution in [2.75, 3.05) is 19.5 Å². The van der Waals surface area contributed by atoms with Crippen molar-refractivity contribution in [1.29, 1.82) is 5.26 Å². The van der Waals surface area contributed by atoms with E-state index in [1.165, 1.54) is 13.1 Å². The highest BCUT2D eigenvalue weighted by Crippen LogP contribution is 2.37. The quantitative estimate of drug-likeness (QED) is 0.372. The molecule has 0 saturated carbocycles. The van der Waals surface area contributed by atoms with Gasteiger partial charge in [-0.15, -0.1) is 0 Å². The van der Waals surface area contributed by atoms with Crippen molar-refractivity contribution in [1.82, 2.24) is 5.32 Å². The molecule has 0 aliphatic heterocycles. The first-order valence-electron chi connectivity index (χ1n) is 5.72. The van der Waals surface area contributed by atoms with Crippen molar-refractivity contribution in [3.63, 3.8) is 0 Å². The molecule has 0 spiro atoms. The lowest BCUT2D eigenvalue weighted by molar-refractivity contribution is -0.135. The average Bonchev–Trinajstić information content (AvgIpc) is 2.51. The van der Waals surface area contributed by atoms with Crippen molar-refractivity contribution < 1.29 is 14.3 Å². The van der Waals surface area contributed by atoms with Gasteiger partial charge in [0.2, 0.25) is 0 Å². The first-order chi connectivity index (χ1) is 10.4. The lowest BCUT2D eigenvalue weighted by atomic mass is 10.1. The van der Waals surface area contributed by atoms with Gasteiger partial charge in [-0.2, -0.15) is 5.26 Å². The van der Waals surface area contributed by atoms with Crippen molar-refractivity contribution in [2.24, 2.45) is 0 Å². The van der Waals surface area contributed by atoms with Gasteiger partial charge in [-0.05, 0) is 6.07 Å². The van der Waals surface area contributed by atoms with Crippen LogP contribution in [-0.2, 0) is 9.53 Å². The number of esters is 1. The standard InChI is InChI=1S/C13H10Cl3N3O3/c1-18-12(20)9-10(15)7(14)3-8(11(9)16)19-5-6(4-17)13(21)22-2/h3,5,19H,1-2H3,(H,18,20). The minimum atomic E-state index is -0.822. The minimum Gasteiger partial charge on any atom is -0.465 e. The van der Waals surface area contributed by atoms with Crippen LogP contribution in [0.1, 0.15) is 10.4 Å². The Balaban J connectivity index is 3.31. The highest BCUT2D eigenvalue weighted by molar-refractivity contribution is 6.47. The summed E-state index contributed by atoms with van der Waals surface area (Å²) in [5.41, 5.74) is -0.108. The molecule has 2 N–H and O–H groups in total. The lowest BCUT2D eigenvalue weighted by Crippen LogP contribution is -2.19. The summed E-state index contributed by atoms with van der Waals surface area (Å²) >= 11 is 18.0. The predicted octanol–water partition coefficient (Wildman–Crippen LogP) is 3.00. The van der Waals surface area contributed by atoms with E-state index in [2.05, 4.69) is 15.4 Å². The molecule has 9 heteroatoms. The van der Waals surface area contributed by atoms with Gasteiger partial charge < -0.3 is 15.4 Å². The number of hydrogen-bond acceptors (Lipinski definition) is 5. The fourth-order valence-electron chi connectivity index (χ4n) is 1.43. The number of halogens is 3. The molecule has 22 heavy (non-hydrogen) atoms. The summed E-state index contributed by atoms with van der Waals surface area (Å²) in [6.45, 7) is 0. The monoisotopic (exact) mass is 361 g/mol. The Morgan fingerprint density at radius 2 is 1.95 bits per heavy atom. The third-order valence-corrected chi connectivity index (χ3v) is 3.69. The van der Waals surface area contributed by atoms with E-state index >= 15 is 0 Å². The van der Waals surface area contributed by atoms with Crippen LogP contribution in [0.5, 0.6) is 0 Å². The van der Waals surface area contributed by atoms with Gasteiger partial charge in [0.25, 0.3) is 5.91 Å². The first-order valence-corrected chi connectivity index (χ1v) is 6.85. The van der Waals surface area contributed by atoms with Gasteiger partial charge in [0.15, 0.2) is 5.57 Å². The number of benzene rings is 1. The summed E-state index contributed by atoms with van der Waals surface area (Å²) in [7, 11) is 2.55. The van der Waals surface area contributed by atoms with Gasteiger partial charge in [0.1, 0.15) is 6.07 Å². The second kappa shape index (κ2) is 7.90. The van der Waals surface area contributed by atoms with E-state index in [-0.39, 0.29) is 31.9 Å². The van der Waals surface area contributed by atoms with Crippen molar-refractivity contribution >= 4 is 52.4 Å². The first kappa shape index (κ1) is 18.1. The normalized spacial score (nSPS) is 10.6. The molecule has 0 aromatic heterocycles. The van der Waals surface area contributed by atoms with Crippen LogP contribution in [0, 0.1) is 11.3 Å². The zero-order valence-electron chi connectivity index (χ0n) is 11.5. The molecule has 0 heterocycles. The van der Waals surface area contributed by atoms with Crippen LogP contribution in [0.2, 0.25) is 15.1 Å². The van der Waals surface area contributed by atoms with Gasteiger partial charge in [-0.3, -0.25) is 4.79 Å². The number of methoxy groups -OCH3 is 1. The fourth-order valence-corrected chi connectivity index (χ4v) is 2.21. The Kier molecular flexibility index (Phi) is 6.50. The van der Waals surface area contributed by atoms with Crippen LogP contribution >= 0.6 is 34.8 Å². The Morgan fingerprint density at radius 3 is 2.45 bits per heavy atom. The molecule has 0 radical (unpaired) electrons. The van der Waals surface area contributed by atoms with E-state index in [1.807, 2.05) is 0 Å². The Morgan fingerprint density at radius 1 is 1.32 bits per heavy atom. The van der Waals surface area contributed by atoms with E-state index < -0.39 is 11.9 Å². The SMILES string of the molecule is CNC(=O)c1c(Cl)c(Cl)cc(NC=C(C#N)C(=O)OC)c1Cl. The van der Waals surface area contributed by atoms with E-state index in [1.54, 1.807) is 6.07 Å². The van der Waals surface area contributed by atoms with Crippen molar-refractivity contribution in [2.45, 2.75) is 0 Å². The highest BCUT2D eigenvalue weighted by Gasteiger charge is 2.20. The van der Waals surface area contributed by atoms with Gasteiger partial charge in [0.05, 0.1) is 33.4 Å². The molecule has 0 saturated heterocycles. The number of ether oxygens (including phenoxy) is 1. The molecule has 1 rings (SSSR count). The van der Waals surface area contributed by atoms with Crippen LogP contribution in [0.15, 0.2) is 17.8 Å². The van der Waals surface area contributed by atoms with Crippen LogP contribution in [-0.4, -0.2) is 26.0 Å². The van der Waals surface area contributed by atoms with Gasteiger partial charge in [-0.1, -0.05) is 34.8 Å².